The van der Waals surface area contributed by atoms with Gasteiger partial charge in [0, 0.05) is 31.6 Å². The van der Waals surface area contributed by atoms with Crippen LogP contribution in [0.5, 0.6) is 0 Å². The Kier molecular flexibility index (Phi) is 6.47. The van der Waals surface area contributed by atoms with Gasteiger partial charge >= 0.3 is 0 Å². The number of carbonyl (C=O) groups is 1. The van der Waals surface area contributed by atoms with Crippen LogP contribution in [0.25, 0.3) is 0 Å². The Hall–Kier alpha value is -1.58. The fourth-order valence-electron chi connectivity index (χ4n) is 2.67. The first-order valence-electron chi connectivity index (χ1n) is 8.16. The van der Waals surface area contributed by atoms with E-state index in [1.807, 2.05) is 6.92 Å². The van der Waals surface area contributed by atoms with E-state index in [-0.39, 0.29) is 31.0 Å². The Morgan fingerprint density at radius 3 is 2.56 bits per heavy atom. The highest BCUT2D eigenvalue weighted by Gasteiger charge is 2.33. The number of carbonyl (C=O) groups excluding carboxylic acids is 1. The molecule has 6 nitrogen and oxygen atoms in total. The van der Waals surface area contributed by atoms with Crippen LogP contribution in [0.15, 0.2) is 23.1 Å². The third-order valence-electron chi connectivity index (χ3n) is 4.41. The lowest BCUT2D eigenvalue weighted by Crippen LogP contribution is -2.45. The molecule has 1 unspecified atom stereocenters. The van der Waals surface area contributed by atoms with E-state index in [4.69, 9.17) is 0 Å². The van der Waals surface area contributed by atoms with E-state index < -0.39 is 26.6 Å². The van der Waals surface area contributed by atoms with Crippen molar-refractivity contribution in [3.63, 3.8) is 0 Å². The van der Waals surface area contributed by atoms with Crippen molar-refractivity contribution in [3.8, 4) is 0 Å². The van der Waals surface area contributed by atoms with Crippen molar-refractivity contribution in [1.29, 1.82) is 0 Å². The minimum atomic E-state index is -4.12. The molecule has 1 amide bonds. The van der Waals surface area contributed by atoms with Gasteiger partial charge in [-0.1, -0.05) is 0 Å². The van der Waals surface area contributed by atoms with Crippen LogP contribution in [0, 0.1) is 17.6 Å². The zero-order chi connectivity index (χ0) is 18.6. The first kappa shape index (κ1) is 19.7. The topological polar surface area (TPSA) is 78.5 Å². The number of hydrogen-bond acceptors (Lipinski definition) is 4. The Balaban J connectivity index is 1.99. The Morgan fingerprint density at radius 1 is 1.32 bits per heavy atom. The molecule has 0 aliphatic carbocycles. The van der Waals surface area contributed by atoms with Gasteiger partial charge in [0.15, 0.2) is 0 Å². The molecule has 0 spiro atoms. The molecule has 1 aromatic rings. The van der Waals surface area contributed by atoms with Crippen LogP contribution in [-0.4, -0.2) is 51.4 Å². The van der Waals surface area contributed by atoms with Crippen LogP contribution in [0.2, 0.25) is 0 Å². The Labute approximate surface area is 146 Å². The summed E-state index contributed by atoms with van der Waals surface area (Å²) in [4.78, 5) is 11.5. The summed E-state index contributed by atoms with van der Waals surface area (Å²) in [7, 11) is -2.32. The van der Waals surface area contributed by atoms with Crippen LogP contribution in [0.3, 0.4) is 0 Å². The second-order valence-corrected chi connectivity index (χ2v) is 8.09. The third kappa shape index (κ3) is 4.74. The molecule has 0 saturated carbocycles. The van der Waals surface area contributed by atoms with Gasteiger partial charge in [0.05, 0.1) is 0 Å². The molecule has 0 aromatic heterocycles. The molecule has 140 valence electrons. The van der Waals surface area contributed by atoms with Gasteiger partial charge in [-0.05, 0) is 45.0 Å². The summed E-state index contributed by atoms with van der Waals surface area (Å²) in [6.07, 6.45) is 0.686. The SMILES string of the molecule is CNC(C)CNC(=O)C1CCN(S(=O)(=O)c2cc(F)ccc2F)CC1. The van der Waals surface area contributed by atoms with E-state index >= 15 is 0 Å². The molecular weight excluding hydrogens is 352 g/mol. The molecule has 2 rings (SSSR count). The minimum absolute atomic E-state index is 0.0952. The number of nitrogens with zero attached hydrogens (tertiary/aromatic N) is 1. The van der Waals surface area contributed by atoms with E-state index in [1.165, 1.54) is 0 Å². The molecule has 2 N–H and O–H groups in total. The highest BCUT2D eigenvalue weighted by Crippen LogP contribution is 2.26. The van der Waals surface area contributed by atoms with Gasteiger partial charge < -0.3 is 10.6 Å². The maximum absolute atomic E-state index is 13.8. The molecule has 25 heavy (non-hydrogen) atoms. The van der Waals surface area contributed by atoms with Gasteiger partial charge in [0.1, 0.15) is 16.5 Å². The van der Waals surface area contributed by atoms with E-state index in [0.717, 1.165) is 16.4 Å². The van der Waals surface area contributed by atoms with Gasteiger partial charge in [-0.25, -0.2) is 17.2 Å². The fourth-order valence-corrected chi connectivity index (χ4v) is 4.22. The third-order valence-corrected chi connectivity index (χ3v) is 6.32. The van der Waals surface area contributed by atoms with Crippen molar-refractivity contribution in [2.24, 2.45) is 5.92 Å². The molecule has 1 heterocycles. The molecule has 1 aliphatic rings. The molecule has 1 atom stereocenters. The standard InChI is InChI=1S/C16H23F2N3O3S/c1-11(19-2)10-20-16(22)12-5-7-21(8-6-12)25(23,24)15-9-13(17)3-4-14(15)18/h3-4,9,11-12,19H,5-8,10H2,1-2H3,(H,20,22). The number of sulfonamides is 1. The Morgan fingerprint density at radius 2 is 1.96 bits per heavy atom. The van der Waals surface area contributed by atoms with Gasteiger partial charge in [-0.2, -0.15) is 4.31 Å². The van der Waals surface area contributed by atoms with E-state index in [0.29, 0.717) is 25.5 Å². The summed E-state index contributed by atoms with van der Waals surface area (Å²) < 4.78 is 53.2. The maximum Gasteiger partial charge on any atom is 0.246 e. The second-order valence-electron chi connectivity index (χ2n) is 6.19. The molecule has 1 saturated heterocycles. The molecule has 9 heteroatoms. The molecule has 0 bridgehead atoms. The lowest BCUT2D eigenvalue weighted by atomic mass is 9.97. The second kappa shape index (κ2) is 8.20. The van der Waals surface area contributed by atoms with E-state index in [2.05, 4.69) is 10.6 Å². The van der Waals surface area contributed by atoms with Gasteiger partial charge in [0.2, 0.25) is 15.9 Å². The average Bonchev–Trinajstić information content (AvgIpc) is 2.61. The van der Waals surface area contributed by atoms with Crippen molar-refractivity contribution < 1.29 is 22.0 Å². The highest BCUT2D eigenvalue weighted by molar-refractivity contribution is 7.89. The number of rotatable bonds is 6. The number of amides is 1. The van der Waals surface area contributed by atoms with Crippen LogP contribution in [0.4, 0.5) is 8.78 Å². The van der Waals surface area contributed by atoms with Gasteiger partial charge in [0.25, 0.3) is 0 Å². The van der Waals surface area contributed by atoms with Crippen LogP contribution in [-0.2, 0) is 14.8 Å². The first-order chi connectivity index (χ1) is 11.8. The van der Waals surface area contributed by atoms with Crippen molar-refractivity contribution in [1.82, 2.24) is 14.9 Å². The van der Waals surface area contributed by atoms with Crippen LogP contribution in [0.1, 0.15) is 19.8 Å². The predicted molar refractivity (Wildman–Crippen MR) is 89.4 cm³/mol. The lowest BCUT2D eigenvalue weighted by molar-refractivity contribution is -0.126. The molecular formula is C16H23F2N3O3S. The highest BCUT2D eigenvalue weighted by atomic mass is 32.2. The predicted octanol–water partition coefficient (Wildman–Crippen LogP) is 1.09. The normalized spacial score (nSPS) is 18.1. The maximum atomic E-state index is 13.8. The zero-order valence-electron chi connectivity index (χ0n) is 14.3. The first-order valence-corrected chi connectivity index (χ1v) is 9.60. The number of nitrogens with one attached hydrogen (secondary N) is 2. The molecule has 1 aliphatic heterocycles. The fraction of sp³-hybridized carbons (Fsp3) is 0.562. The van der Waals surface area contributed by atoms with Crippen molar-refractivity contribution in [2.45, 2.75) is 30.7 Å². The number of hydrogen-bond donors (Lipinski definition) is 2. The van der Waals surface area contributed by atoms with E-state index in [1.54, 1.807) is 7.05 Å². The van der Waals surface area contributed by atoms with Gasteiger partial charge in [-0.3, -0.25) is 4.79 Å². The number of halogens is 2. The number of piperidine rings is 1. The van der Waals surface area contributed by atoms with Gasteiger partial charge in [-0.15, -0.1) is 0 Å². The quantitative estimate of drug-likeness (QED) is 0.780. The van der Waals surface area contributed by atoms with Crippen LogP contribution >= 0.6 is 0 Å². The van der Waals surface area contributed by atoms with Crippen molar-refractivity contribution in [2.75, 3.05) is 26.7 Å². The largest absolute Gasteiger partial charge is 0.354 e. The summed E-state index contributed by atoms with van der Waals surface area (Å²) in [5.74, 6) is -2.20. The molecule has 1 fully saturated rings. The summed E-state index contributed by atoms with van der Waals surface area (Å²) in [5.41, 5.74) is 0. The molecule has 0 radical (unpaired) electrons. The number of likely N-dealkylation sites (N-methyl/N-ethyl adjacent to an activating group) is 1. The summed E-state index contributed by atoms with van der Waals surface area (Å²) in [6.45, 7) is 2.61. The molecule has 1 aromatic carbocycles. The van der Waals surface area contributed by atoms with E-state index in [9.17, 15) is 22.0 Å². The smallest absolute Gasteiger partial charge is 0.246 e. The summed E-state index contributed by atoms with van der Waals surface area (Å²) in [5, 5.41) is 5.84. The average molecular weight is 375 g/mol. The van der Waals surface area contributed by atoms with Crippen LogP contribution < -0.4 is 10.6 Å². The number of benzene rings is 1. The minimum Gasteiger partial charge on any atom is -0.354 e. The monoisotopic (exact) mass is 375 g/mol. The summed E-state index contributed by atoms with van der Waals surface area (Å²) in [6, 6.07) is 2.49. The Bertz CT molecular complexity index is 719. The summed E-state index contributed by atoms with van der Waals surface area (Å²) >= 11 is 0. The van der Waals surface area contributed by atoms with Crippen molar-refractivity contribution >= 4 is 15.9 Å². The van der Waals surface area contributed by atoms with Crippen molar-refractivity contribution in [3.05, 3.63) is 29.8 Å². The zero-order valence-corrected chi connectivity index (χ0v) is 15.1. The lowest BCUT2D eigenvalue weighted by Gasteiger charge is -2.30.